The van der Waals surface area contributed by atoms with Gasteiger partial charge in [0.05, 0.1) is 27.5 Å². The molecule has 1 amide bonds. The van der Waals surface area contributed by atoms with Crippen molar-refractivity contribution in [1.82, 2.24) is 14.9 Å². The van der Waals surface area contributed by atoms with Crippen LogP contribution in [0.15, 0.2) is 42.0 Å². The van der Waals surface area contributed by atoms with Gasteiger partial charge in [-0.25, -0.2) is 9.78 Å². The van der Waals surface area contributed by atoms with Gasteiger partial charge in [0.15, 0.2) is 0 Å². The Labute approximate surface area is 147 Å². The third kappa shape index (κ3) is 2.87. The van der Waals surface area contributed by atoms with E-state index in [0.717, 1.165) is 33.5 Å². The van der Waals surface area contributed by atoms with Crippen LogP contribution in [0, 0.1) is 0 Å². The minimum atomic E-state index is -1.45. The third-order valence-electron chi connectivity index (χ3n) is 4.50. The molecule has 0 saturated carbocycles. The summed E-state index contributed by atoms with van der Waals surface area (Å²) in [5.74, 6) is -2.35. The van der Waals surface area contributed by atoms with Gasteiger partial charge in [-0.2, -0.15) is 0 Å². The summed E-state index contributed by atoms with van der Waals surface area (Å²) in [6.45, 7) is 0.222. The number of carbonyl (C=O) groups is 2. The number of aryl methyl sites for hydroxylation is 1. The van der Waals surface area contributed by atoms with Crippen molar-refractivity contribution in [2.45, 2.75) is 25.4 Å². The lowest BCUT2D eigenvalue weighted by molar-refractivity contribution is -0.157. The Balaban J connectivity index is 1.69. The van der Waals surface area contributed by atoms with Gasteiger partial charge in [-0.05, 0) is 42.2 Å². The summed E-state index contributed by atoms with van der Waals surface area (Å²) in [4.78, 5) is 33.8. The van der Waals surface area contributed by atoms with E-state index < -0.39 is 11.9 Å². The molecule has 3 aromatic rings. The van der Waals surface area contributed by atoms with Gasteiger partial charge < -0.3 is 10.0 Å². The van der Waals surface area contributed by atoms with Crippen molar-refractivity contribution in [2.24, 2.45) is 0 Å². The number of nitrogens with zero attached hydrogens (tertiary/aromatic N) is 3. The normalized spacial score (nSPS) is 15.9. The molecule has 0 fully saturated rings. The molecule has 1 aliphatic rings. The molecular weight excluding hydrogens is 338 g/mol. The topological polar surface area (TPSA) is 83.4 Å². The number of rotatable bonds is 3. The molecule has 7 heteroatoms. The van der Waals surface area contributed by atoms with Crippen molar-refractivity contribution in [3.8, 4) is 0 Å². The number of aliphatic carboxylic acids is 1. The standard InChI is InChI=1S/C18H15N3O3S/c22-17(18(23)24)21(14-5-4-12-2-1-7-19-16(12)14)9-11-3-6-15-13(8-11)20-10-25-15/h1-3,6-8,10,14H,4-5,9H2,(H,23,24). The van der Waals surface area contributed by atoms with Crippen molar-refractivity contribution in [2.75, 3.05) is 0 Å². The maximum Gasteiger partial charge on any atom is 0.394 e. The molecule has 0 bridgehead atoms. The maximum absolute atomic E-state index is 12.3. The van der Waals surface area contributed by atoms with E-state index in [1.807, 2.05) is 30.3 Å². The summed E-state index contributed by atoms with van der Waals surface area (Å²) in [5.41, 5.74) is 5.36. The fourth-order valence-corrected chi connectivity index (χ4v) is 4.00. The number of hydrogen-bond acceptors (Lipinski definition) is 5. The predicted octanol–water partition coefficient (Wildman–Crippen LogP) is 2.79. The highest BCUT2D eigenvalue weighted by Crippen LogP contribution is 2.35. The lowest BCUT2D eigenvalue weighted by atomic mass is 10.1. The van der Waals surface area contributed by atoms with Crippen LogP contribution in [-0.2, 0) is 22.6 Å². The van der Waals surface area contributed by atoms with Crippen molar-refractivity contribution >= 4 is 33.4 Å². The first-order valence-electron chi connectivity index (χ1n) is 7.93. The molecule has 1 unspecified atom stereocenters. The summed E-state index contributed by atoms with van der Waals surface area (Å²) in [5, 5.41) is 9.26. The second kappa shape index (κ2) is 6.25. The molecule has 0 radical (unpaired) electrons. The molecule has 25 heavy (non-hydrogen) atoms. The van der Waals surface area contributed by atoms with E-state index in [9.17, 15) is 14.7 Å². The van der Waals surface area contributed by atoms with Crippen molar-refractivity contribution in [3.63, 3.8) is 0 Å². The van der Waals surface area contributed by atoms with Gasteiger partial charge >= 0.3 is 11.9 Å². The van der Waals surface area contributed by atoms with Crippen LogP contribution < -0.4 is 0 Å². The van der Waals surface area contributed by atoms with Crippen LogP contribution >= 0.6 is 11.3 Å². The molecule has 2 heterocycles. The van der Waals surface area contributed by atoms with Gasteiger partial charge in [0.1, 0.15) is 0 Å². The van der Waals surface area contributed by atoms with E-state index in [0.29, 0.717) is 6.42 Å². The summed E-state index contributed by atoms with van der Waals surface area (Å²) in [6, 6.07) is 9.30. The highest BCUT2D eigenvalue weighted by atomic mass is 32.1. The number of carboxylic acids is 1. The largest absolute Gasteiger partial charge is 0.474 e. The maximum atomic E-state index is 12.3. The average molecular weight is 353 g/mol. The van der Waals surface area contributed by atoms with Gasteiger partial charge in [0, 0.05) is 12.7 Å². The molecule has 0 saturated heterocycles. The van der Waals surface area contributed by atoms with Crippen LogP contribution in [0.2, 0.25) is 0 Å². The van der Waals surface area contributed by atoms with Gasteiger partial charge in [-0.3, -0.25) is 9.78 Å². The monoisotopic (exact) mass is 353 g/mol. The van der Waals surface area contributed by atoms with Crippen molar-refractivity contribution in [1.29, 1.82) is 0 Å². The fraction of sp³-hybridized carbons (Fsp3) is 0.222. The van der Waals surface area contributed by atoms with Crippen LogP contribution in [-0.4, -0.2) is 31.9 Å². The third-order valence-corrected chi connectivity index (χ3v) is 5.31. The van der Waals surface area contributed by atoms with Gasteiger partial charge in [-0.1, -0.05) is 12.1 Å². The number of hydrogen-bond donors (Lipinski definition) is 1. The molecule has 1 aliphatic carbocycles. The molecule has 0 aliphatic heterocycles. The Morgan fingerprint density at radius 1 is 1.28 bits per heavy atom. The molecule has 1 atom stereocenters. The number of benzene rings is 1. The van der Waals surface area contributed by atoms with Crippen LogP contribution in [0.4, 0.5) is 0 Å². The summed E-state index contributed by atoms with van der Waals surface area (Å²) in [6.07, 6.45) is 3.16. The van der Waals surface area contributed by atoms with Crippen LogP contribution in [0.3, 0.4) is 0 Å². The Morgan fingerprint density at radius 3 is 3.00 bits per heavy atom. The molecular formula is C18H15N3O3S. The van der Waals surface area contributed by atoms with Crippen LogP contribution in [0.5, 0.6) is 0 Å². The van der Waals surface area contributed by atoms with Crippen molar-refractivity contribution in [3.05, 3.63) is 58.9 Å². The highest BCUT2D eigenvalue weighted by Gasteiger charge is 2.34. The second-order valence-corrected chi connectivity index (χ2v) is 6.88. The van der Waals surface area contributed by atoms with E-state index in [4.69, 9.17) is 0 Å². The second-order valence-electron chi connectivity index (χ2n) is 5.99. The lowest BCUT2D eigenvalue weighted by Crippen LogP contribution is -2.38. The summed E-state index contributed by atoms with van der Waals surface area (Å²) >= 11 is 1.55. The first-order chi connectivity index (χ1) is 12.1. The molecule has 2 aromatic heterocycles. The average Bonchev–Trinajstić information content (AvgIpc) is 3.25. The first kappa shape index (κ1) is 15.7. The number of amides is 1. The Kier molecular flexibility index (Phi) is 3.93. The number of aromatic nitrogens is 2. The zero-order valence-corrected chi connectivity index (χ0v) is 14.1. The Bertz CT molecular complexity index is 969. The zero-order valence-electron chi connectivity index (χ0n) is 13.3. The number of carboxylic acid groups (broad SMARTS) is 1. The van der Waals surface area contributed by atoms with Crippen LogP contribution in [0.25, 0.3) is 10.2 Å². The highest BCUT2D eigenvalue weighted by molar-refractivity contribution is 7.16. The molecule has 6 nitrogen and oxygen atoms in total. The SMILES string of the molecule is O=C(O)C(=O)N(Cc1ccc2scnc2c1)C1CCc2cccnc21. The Hall–Kier alpha value is -2.80. The minimum absolute atomic E-state index is 0.222. The molecule has 1 aromatic carbocycles. The molecule has 126 valence electrons. The minimum Gasteiger partial charge on any atom is -0.474 e. The van der Waals surface area contributed by atoms with E-state index in [-0.39, 0.29) is 12.6 Å². The summed E-state index contributed by atoms with van der Waals surface area (Å²) < 4.78 is 1.06. The Morgan fingerprint density at radius 2 is 2.16 bits per heavy atom. The molecule has 4 rings (SSSR count). The zero-order chi connectivity index (χ0) is 17.4. The van der Waals surface area contributed by atoms with E-state index in [2.05, 4.69) is 9.97 Å². The quantitative estimate of drug-likeness (QED) is 0.732. The van der Waals surface area contributed by atoms with Gasteiger partial charge in [-0.15, -0.1) is 11.3 Å². The van der Waals surface area contributed by atoms with E-state index in [1.54, 1.807) is 23.0 Å². The van der Waals surface area contributed by atoms with Gasteiger partial charge in [0.2, 0.25) is 0 Å². The number of pyridine rings is 1. The number of carbonyl (C=O) groups excluding carboxylic acids is 1. The number of thiazole rings is 1. The first-order valence-corrected chi connectivity index (χ1v) is 8.81. The van der Waals surface area contributed by atoms with E-state index >= 15 is 0 Å². The van der Waals surface area contributed by atoms with Gasteiger partial charge in [0.25, 0.3) is 0 Å². The smallest absolute Gasteiger partial charge is 0.394 e. The van der Waals surface area contributed by atoms with E-state index in [1.165, 1.54) is 4.90 Å². The summed E-state index contributed by atoms with van der Waals surface area (Å²) in [7, 11) is 0. The van der Waals surface area contributed by atoms with Crippen LogP contribution in [0.1, 0.15) is 29.3 Å². The molecule has 0 spiro atoms. The lowest BCUT2D eigenvalue weighted by Gasteiger charge is -2.27. The fourth-order valence-electron chi connectivity index (χ4n) is 3.34. The predicted molar refractivity (Wildman–Crippen MR) is 93.1 cm³/mol. The van der Waals surface area contributed by atoms with Crippen molar-refractivity contribution < 1.29 is 14.7 Å². The number of fused-ring (bicyclic) bond motifs is 2. The molecule has 1 N–H and O–H groups in total.